The molecule has 1 aliphatic rings. The number of rotatable bonds is 4. The summed E-state index contributed by atoms with van der Waals surface area (Å²) >= 11 is 3.40. The van der Waals surface area contributed by atoms with Crippen LogP contribution in [0.2, 0.25) is 0 Å². The smallest absolute Gasteiger partial charge is 0.0703 e. The molecule has 0 amide bonds. The number of aliphatic hydroxyl groups is 1. The average Bonchev–Trinajstić information content (AvgIpc) is 2.42. The maximum absolute atomic E-state index is 10.8. The molecule has 0 aliphatic heterocycles. The van der Waals surface area contributed by atoms with Crippen molar-refractivity contribution in [3.63, 3.8) is 0 Å². The van der Waals surface area contributed by atoms with E-state index in [-0.39, 0.29) is 0 Å². The van der Waals surface area contributed by atoms with Gasteiger partial charge in [-0.2, -0.15) is 0 Å². The van der Waals surface area contributed by atoms with Gasteiger partial charge in [-0.1, -0.05) is 27.2 Å². The minimum Gasteiger partial charge on any atom is -0.389 e. The Balaban J connectivity index is 1.96. The van der Waals surface area contributed by atoms with Crippen molar-refractivity contribution in [1.29, 1.82) is 0 Å². The zero-order chi connectivity index (χ0) is 14.8. The van der Waals surface area contributed by atoms with Crippen LogP contribution in [-0.2, 0) is 6.42 Å². The first-order valence-electron chi connectivity index (χ1n) is 7.67. The minimum atomic E-state index is -0.554. The molecule has 0 aromatic carbocycles. The van der Waals surface area contributed by atoms with E-state index in [0.717, 1.165) is 41.8 Å². The molecule has 0 bridgehead atoms. The average molecular weight is 340 g/mol. The maximum atomic E-state index is 10.8. The van der Waals surface area contributed by atoms with Gasteiger partial charge in [0.15, 0.2) is 0 Å². The lowest BCUT2D eigenvalue weighted by Gasteiger charge is -2.42. The van der Waals surface area contributed by atoms with Crippen LogP contribution in [0.25, 0.3) is 0 Å². The highest BCUT2D eigenvalue weighted by molar-refractivity contribution is 9.10. The fourth-order valence-electron chi connectivity index (χ4n) is 3.25. The van der Waals surface area contributed by atoms with Crippen molar-refractivity contribution in [2.24, 2.45) is 11.3 Å². The number of hydrogen-bond donors (Lipinski definition) is 1. The summed E-state index contributed by atoms with van der Waals surface area (Å²) in [6.07, 6.45) is 7.77. The van der Waals surface area contributed by atoms with Crippen LogP contribution in [0.5, 0.6) is 0 Å². The highest BCUT2D eigenvalue weighted by Crippen LogP contribution is 2.44. The summed E-state index contributed by atoms with van der Waals surface area (Å²) in [5.74, 6) is 0.741. The zero-order valence-electron chi connectivity index (χ0n) is 12.8. The Bertz CT molecular complexity index is 433. The van der Waals surface area contributed by atoms with Gasteiger partial charge in [-0.05, 0) is 65.1 Å². The van der Waals surface area contributed by atoms with Gasteiger partial charge in [0.05, 0.1) is 5.60 Å². The van der Waals surface area contributed by atoms with Crippen molar-refractivity contribution < 1.29 is 5.11 Å². The van der Waals surface area contributed by atoms with Crippen molar-refractivity contribution >= 4 is 15.9 Å². The molecule has 0 saturated heterocycles. The first kappa shape index (κ1) is 16.0. The first-order valence-corrected chi connectivity index (χ1v) is 8.47. The van der Waals surface area contributed by atoms with E-state index < -0.39 is 5.60 Å². The molecule has 1 saturated carbocycles. The predicted octanol–water partition coefficient (Wildman–Crippen LogP) is 4.74. The molecule has 0 unspecified atom stereocenters. The highest BCUT2D eigenvalue weighted by atomic mass is 79.9. The van der Waals surface area contributed by atoms with Gasteiger partial charge >= 0.3 is 0 Å². The zero-order valence-corrected chi connectivity index (χ0v) is 14.4. The molecule has 1 fully saturated rings. The summed E-state index contributed by atoms with van der Waals surface area (Å²) in [6.45, 7) is 6.99. The topological polar surface area (TPSA) is 33.1 Å². The SMILES string of the molecule is CCC(C)(C)C1CCC(O)(Cc2ccc(Br)cn2)CC1. The molecular formula is C17H26BrNO. The largest absolute Gasteiger partial charge is 0.389 e. The molecular weight excluding hydrogens is 314 g/mol. The molecule has 1 aliphatic carbocycles. The molecule has 0 atom stereocenters. The van der Waals surface area contributed by atoms with Gasteiger partial charge in [0, 0.05) is 22.8 Å². The Morgan fingerprint density at radius 3 is 2.50 bits per heavy atom. The Kier molecular flexibility index (Phi) is 4.91. The lowest BCUT2D eigenvalue weighted by molar-refractivity contribution is -0.0282. The van der Waals surface area contributed by atoms with Crippen molar-refractivity contribution in [2.45, 2.75) is 64.9 Å². The van der Waals surface area contributed by atoms with Gasteiger partial charge in [-0.3, -0.25) is 4.98 Å². The van der Waals surface area contributed by atoms with Crippen LogP contribution in [0.1, 0.15) is 58.6 Å². The molecule has 2 nitrogen and oxygen atoms in total. The molecule has 2 rings (SSSR count). The Morgan fingerprint density at radius 1 is 1.35 bits per heavy atom. The molecule has 112 valence electrons. The van der Waals surface area contributed by atoms with Gasteiger partial charge in [0.2, 0.25) is 0 Å². The van der Waals surface area contributed by atoms with E-state index in [4.69, 9.17) is 0 Å². The van der Waals surface area contributed by atoms with E-state index in [0.29, 0.717) is 11.8 Å². The summed E-state index contributed by atoms with van der Waals surface area (Å²) in [5, 5.41) is 10.8. The third-order valence-corrected chi connectivity index (χ3v) is 5.70. The van der Waals surface area contributed by atoms with Crippen LogP contribution in [0.4, 0.5) is 0 Å². The Labute approximate surface area is 131 Å². The quantitative estimate of drug-likeness (QED) is 0.858. The molecule has 1 aromatic heterocycles. The second-order valence-electron chi connectivity index (χ2n) is 6.99. The van der Waals surface area contributed by atoms with Crippen LogP contribution < -0.4 is 0 Å². The number of nitrogens with zero attached hydrogens (tertiary/aromatic N) is 1. The van der Waals surface area contributed by atoms with Gasteiger partial charge in [0.1, 0.15) is 0 Å². The molecule has 0 spiro atoms. The van der Waals surface area contributed by atoms with Crippen molar-refractivity contribution in [1.82, 2.24) is 4.98 Å². The molecule has 1 N–H and O–H groups in total. The summed E-state index contributed by atoms with van der Waals surface area (Å²) in [4.78, 5) is 4.39. The summed E-state index contributed by atoms with van der Waals surface area (Å²) in [6, 6.07) is 4.00. The fraction of sp³-hybridized carbons (Fsp3) is 0.706. The van der Waals surface area contributed by atoms with E-state index in [9.17, 15) is 5.11 Å². The molecule has 20 heavy (non-hydrogen) atoms. The van der Waals surface area contributed by atoms with Gasteiger partial charge in [-0.15, -0.1) is 0 Å². The lowest BCUT2D eigenvalue weighted by atomic mass is 9.66. The normalized spacial score (nSPS) is 27.6. The predicted molar refractivity (Wildman–Crippen MR) is 86.6 cm³/mol. The molecule has 0 radical (unpaired) electrons. The van der Waals surface area contributed by atoms with Crippen LogP contribution in [0.3, 0.4) is 0 Å². The summed E-state index contributed by atoms with van der Waals surface area (Å²) in [7, 11) is 0. The van der Waals surface area contributed by atoms with Crippen LogP contribution >= 0.6 is 15.9 Å². The number of pyridine rings is 1. The minimum absolute atomic E-state index is 0.400. The van der Waals surface area contributed by atoms with Gasteiger partial charge in [-0.25, -0.2) is 0 Å². The van der Waals surface area contributed by atoms with E-state index in [2.05, 4.69) is 41.7 Å². The van der Waals surface area contributed by atoms with E-state index in [1.807, 2.05) is 18.3 Å². The third kappa shape index (κ3) is 3.82. The highest BCUT2D eigenvalue weighted by Gasteiger charge is 2.38. The van der Waals surface area contributed by atoms with E-state index in [1.165, 1.54) is 6.42 Å². The lowest BCUT2D eigenvalue weighted by Crippen LogP contribution is -2.39. The van der Waals surface area contributed by atoms with Crippen LogP contribution in [0, 0.1) is 11.3 Å². The van der Waals surface area contributed by atoms with Crippen molar-refractivity contribution in [2.75, 3.05) is 0 Å². The fourth-order valence-corrected chi connectivity index (χ4v) is 3.48. The van der Waals surface area contributed by atoms with Crippen molar-refractivity contribution in [3.8, 4) is 0 Å². The van der Waals surface area contributed by atoms with Gasteiger partial charge in [0.25, 0.3) is 0 Å². The second kappa shape index (κ2) is 6.15. The molecule has 1 aromatic rings. The van der Waals surface area contributed by atoms with Crippen LogP contribution in [0.15, 0.2) is 22.8 Å². The summed E-state index contributed by atoms with van der Waals surface area (Å²) in [5.41, 5.74) is 0.835. The van der Waals surface area contributed by atoms with Crippen LogP contribution in [-0.4, -0.2) is 15.7 Å². The van der Waals surface area contributed by atoms with Crippen molar-refractivity contribution in [3.05, 3.63) is 28.5 Å². The number of halogens is 1. The summed E-state index contributed by atoms with van der Waals surface area (Å²) < 4.78 is 0.988. The van der Waals surface area contributed by atoms with E-state index in [1.54, 1.807) is 0 Å². The van der Waals surface area contributed by atoms with Gasteiger partial charge < -0.3 is 5.11 Å². The number of aromatic nitrogens is 1. The monoisotopic (exact) mass is 339 g/mol. The Hall–Kier alpha value is -0.410. The molecule has 1 heterocycles. The second-order valence-corrected chi connectivity index (χ2v) is 7.90. The standard InChI is InChI=1S/C17H26BrNO/c1-4-16(2,3)13-7-9-17(20,10-8-13)11-15-6-5-14(18)12-19-15/h5-6,12-13,20H,4,7-11H2,1-3H3. The first-order chi connectivity index (χ1) is 9.35. The Morgan fingerprint density at radius 2 is 2.00 bits per heavy atom. The number of hydrogen-bond acceptors (Lipinski definition) is 2. The maximum Gasteiger partial charge on any atom is 0.0703 e. The molecule has 3 heteroatoms. The third-order valence-electron chi connectivity index (χ3n) is 5.23. The van der Waals surface area contributed by atoms with E-state index >= 15 is 0 Å².